The highest BCUT2D eigenvalue weighted by atomic mass is 32.2. The fraction of sp³-hybridized carbons (Fsp3) is 0.500. The molecule has 1 fully saturated rings. The van der Waals surface area contributed by atoms with E-state index in [1.807, 2.05) is 30.0 Å². The average Bonchev–Trinajstić information content (AvgIpc) is 2.28. The van der Waals surface area contributed by atoms with E-state index in [-0.39, 0.29) is 0 Å². The van der Waals surface area contributed by atoms with Gasteiger partial charge in [-0.05, 0) is 6.07 Å². The second-order valence-corrected chi connectivity index (χ2v) is 5.27. The van der Waals surface area contributed by atoms with Crippen LogP contribution < -0.4 is 10.5 Å². The molecule has 2 N–H and O–H groups in total. The molecule has 88 valence electrons. The summed E-state index contributed by atoms with van der Waals surface area (Å²) in [6.45, 7) is 2.31. The van der Waals surface area contributed by atoms with Gasteiger partial charge in [-0.25, -0.2) is 0 Å². The molecule has 0 amide bonds. The van der Waals surface area contributed by atoms with Crippen molar-refractivity contribution in [3.8, 4) is 5.75 Å². The molecule has 3 nitrogen and oxygen atoms in total. The predicted molar refractivity (Wildman–Crippen MR) is 67.0 cm³/mol. The lowest BCUT2D eigenvalue weighted by Crippen LogP contribution is -2.32. The SMILES string of the molecule is COc1ccccc1C(CN)SC1COC1. The predicted octanol–water partition coefficient (Wildman–Crippen LogP) is 1.83. The number of benzene rings is 1. The molecule has 0 aromatic heterocycles. The number of hydrogen-bond acceptors (Lipinski definition) is 4. The maximum absolute atomic E-state index is 5.84. The topological polar surface area (TPSA) is 44.5 Å². The highest BCUT2D eigenvalue weighted by molar-refractivity contribution is 8.00. The van der Waals surface area contributed by atoms with Gasteiger partial charge >= 0.3 is 0 Å². The fourth-order valence-electron chi connectivity index (χ4n) is 1.71. The molecular formula is C12H17NO2S. The van der Waals surface area contributed by atoms with E-state index in [0.717, 1.165) is 19.0 Å². The van der Waals surface area contributed by atoms with Gasteiger partial charge in [0.05, 0.1) is 25.6 Å². The van der Waals surface area contributed by atoms with E-state index in [4.69, 9.17) is 15.2 Å². The van der Waals surface area contributed by atoms with Crippen molar-refractivity contribution in [3.05, 3.63) is 29.8 Å². The van der Waals surface area contributed by atoms with Crippen LogP contribution in [0, 0.1) is 0 Å². The molecule has 1 heterocycles. The first-order valence-electron chi connectivity index (χ1n) is 5.41. The second kappa shape index (κ2) is 5.57. The van der Waals surface area contributed by atoms with Crippen LogP contribution in [0.3, 0.4) is 0 Å². The van der Waals surface area contributed by atoms with Crippen molar-refractivity contribution in [3.63, 3.8) is 0 Å². The van der Waals surface area contributed by atoms with Gasteiger partial charge in [0.2, 0.25) is 0 Å². The zero-order valence-corrected chi connectivity index (χ0v) is 10.2. The number of methoxy groups -OCH3 is 1. The molecular weight excluding hydrogens is 222 g/mol. The van der Waals surface area contributed by atoms with Crippen molar-refractivity contribution in [1.29, 1.82) is 0 Å². The van der Waals surface area contributed by atoms with E-state index in [0.29, 0.717) is 17.0 Å². The Labute approximate surface area is 100 Å². The van der Waals surface area contributed by atoms with Crippen LogP contribution in [0.25, 0.3) is 0 Å². The Bertz CT molecular complexity index is 342. The second-order valence-electron chi connectivity index (χ2n) is 3.76. The third-order valence-corrected chi connectivity index (χ3v) is 4.10. The van der Waals surface area contributed by atoms with Crippen LogP contribution in [-0.2, 0) is 4.74 Å². The van der Waals surface area contributed by atoms with Crippen LogP contribution in [0.5, 0.6) is 5.75 Å². The number of nitrogens with two attached hydrogens (primary N) is 1. The normalized spacial score (nSPS) is 17.9. The summed E-state index contributed by atoms with van der Waals surface area (Å²) in [4.78, 5) is 0. The van der Waals surface area contributed by atoms with E-state index in [1.54, 1.807) is 7.11 Å². The summed E-state index contributed by atoms with van der Waals surface area (Å²) < 4.78 is 10.5. The minimum absolute atomic E-state index is 0.296. The first-order chi connectivity index (χ1) is 7.85. The molecule has 16 heavy (non-hydrogen) atoms. The summed E-state index contributed by atoms with van der Waals surface area (Å²) in [6.07, 6.45) is 0. The molecule has 1 aromatic rings. The minimum atomic E-state index is 0.296. The van der Waals surface area contributed by atoms with E-state index >= 15 is 0 Å². The van der Waals surface area contributed by atoms with Gasteiger partial charge in [-0.15, -0.1) is 11.8 Å². The van der Waals surface area contributed by atoms with Gasteiger partial charge in [0.1, 0.15) is 5.75 Å². The molecule has 4 heteroatoms. The van der Waals surface area contributed by atoms with Gasteiger partial charge in [-0.1, -0.05) is 18.2 Å². The van der Waals surface area contributed by atoms with Gasteiger partial charge < -0.3 is 15.2 Å². The first-order valence-corrected chi connectivity index (χ1v) is 6.35. The van der Waals surface area contributed by atoms with Gasteiger partial charge in [-0.2, -0.15) is 0 Å². The quantitative estimate of drug-likeness (QED) is 0.851. The molecule has 1 atom stereocenters. The monoisotopic (exact) mass is 239 g/mol. The molecule has 2 rings (SSSR count). The fourth-order valence-corrected chi connectivity index (χ4v) is 2.98. The van der Waals surface area contributed by atoms with E-state index < -0.39 is 0 Å². The number of rotatable bonds is 5. The maximum Gasteiger partial charge on any atom is 0.123 e. The minimum Gasteiger partial charge on any atom is -0.496 e. The van der Waals surface area contributed by atoms with E-state index in [2.05, 4.69) is 6.07 Å². The lowest BCUT2D eigenvalue weighted by atomic mass is 10.1. The van der Waals surface area contributed by atoms with Crippen molar-refractivity contribution in [2.45, 2.75) is 10.5 Å². The lowest BCUT2D eigenvalue weighted by molar-refractivity contribution is 0.0453. The number of hydrogen-bond donors (Lipinski definition) is 1. The summed E-state index contributed by atoms with van der Waals surface area (Å²) in [5.41, 5.74) is 7.02. The smallest absolute Gasteiger partial charge is 0.123 e. The zero-order chi connectivity index (χ0) is 11.4. The third-order valence-electron chi connectivity index (χ3n) is 2.66. The molecule has 1 saturated heterocycles. The van der Waals surface area contributed by atoms with Gasteiger partial charge in [0.25, 0.3) is 0 Å². The maximum atomic E-state index is 5.84. The van der Waals surface area contributed by atoms with Gasteiger partial charge in [-0.3, -0.25) is 0 Å². The van der Waals surface area contributed by atoms with Gasteiger partial charge in [0.15, 0.2) is 0 Å². The first kappa shape index (κ1) is 11.8. The summed E-state index contributed by atoms with van der Waals surface area (Å²) >= 11 is 1.88. The Hall–Kier alpha value is -0.710. The highest BCUT2D eigenvalue weighted by Crippen LogP contribution is 2.38. The molecule has 1 aromatic carbocycles. The average molecular weight is 239 g/mol. The standard InChI is InChI=1S/C12H17NO2S/c1-14-11-5-3-2-4-10(11)12(6-13)16-9-7-15-8-9/h2-5,9,12H,6-8,13H2,1H3. The molecule has 1 unspecified atom stereocenters. The summed E-state index contributed by atoms with van der Waals surface area (Å²) in [5, 5.41) is 0.878. The summed E-state index contributed by atoms with van der Waals surface area (Å²) in [6, 6.07) is 8.07. The van der Waals surface area contributed by atoms with Crippen molar-refractivity contribution in [1.82, 2.24) is 0 Å². The molecule has 0 aliphatic carbocycles. The Morgan fingerprint density at radius 3 is 2.81 bits per heavy atom. The van der Waals surface area contributed by atoms with Gasteiger partial charge in [0, 0.05) is 17.4 Å². The van der Waals surface area contributed by atoms with Crippen molar-refractivity contribution >= 4 is 11.8 Å². The summed E-state index contributed by atoms with van der Waals surface area (Å²) in [7, 11) is 1.70. The Balaban J connectivity index is 2.11. The molecule has 1 aliphatic heterocycles. The molecule has 0 spiro atoms. The summed E-state index contributed by atoms with van der Waals surface area (Å²) in [5.74, 6) is 0.922. The van der Waals surface area contributed by atoms with Crippen molar-refractivity contribution in [2.75, 3.05) is 26.9 Å². The lowest BCUT2D eigenvalue weighted by Gasteiger charge is -2.29. The van der Waals surface area contributed by atoms with Crippen molar-refractivity contribution < 1.29 is 9.47 Å². The van der Waals surface area contributed by atoms with E-state index in [1.165, 1.54) is 5.56 Å². The zero-order valence-electron chi connectivity index (χ0n) is 9.39. The molecule has 1 aliphatic rings. The third kappa shape index (κ3) is 2.51. The molecule has 0 bridgehead atoms. The number of ether oxygens (including phenoxy) is 2. The van der Waals surface area contributed by atoms with Crippen molar-refractivity contribution in [2.24, 2.45) is 5.73 Å². The van der Waals surface area contributed by atoms with E-state index in [9.17, 15) is 0 Å². The number of thioether (sulfide) groups is 1. The van der Waals surface area contributed by atoms with Crippen LogP contribution in [0.15, 0.2) is 24.3 Å². The highest BCUT2D eigenvalue weighted by Gasteiger charge is 2.25. The Morgan fingerprint density at radius 2 is 2.25 bits per heavy atom. The largest absolute Gasteiger partial charge is 0.496 e. The Kier molecular flexibility index (Phi) is 4.09. The van der Waals surface area contributed by atoms with Crippen LogP contribution in [0.4, 0.5) is 0 Å². The number of para-hydroxylation sites is 1. The molecule has 0 radical (unpaired) electrons. The van der Waals surface area contributed by atoms with Crippen LogP contribution in [0.1, 0.15) is 10.8 Å². The Morgan fingerprint density at radius 1 is 1.50 bits per heavy atom. The van der Waals surface area contributed by atoms with Crippen LogP contribution in [0.2, 0.25) is 0 Å². The van der Waals surface area contributed by atoms with Crippen LogP contribution >= 0.6 is 11.8 Å². The molecule has 0 saturated carbocycles. The van der Waals surface area contributed by atoms with Crippen LogP contribution in [-0.4, -0.2) is 32.1 Å².